The number of benzene rings is 1. The molecule has 0 saturated carbocycles. The summed E-state index contributed by atoms with van der Waals surface area (Å²) in [6, 6.07) is 9.03. The average Bonchev–Trinajstić information content (AvgIpc) is 2.64. The Morgan fingerprint density at radius 2 is 2.00 bits per heavy atom. The van der Waals surface area contributed by atoms with Crippen LogP contribution in [0.1, 0.15) is 24.5 Å². The minimum Gasteiger partial charge on any atom is -0.0739 e. The van der Waals surface area contributed by atoms with Gasteiger partial charge in [-0.15, -0.1) is 0 Å². The average molecular weight is 200 g/mol. The van der Waals surface area contributed by atoms with E-state index in [1.54, 1.807) is 0 Å². The molecule has 0 amide bonds. The highest BCUT2D eigenvalue weighted by Gasteiger charge is 2.23. The van der Waals surface area contributed by atoms with Gasteiger partial charge in [-0.05, 0) is 18.9 Å². The van der Waals surface area contributed by atoms with Gasteiger partial charge in [-0.25, -0.2) is 0 Å². The van der Waals surface area contributed by atoms with Gasteiger partial charge in [0.25, 0.3) is 0 Å². The smallest absolute Gasteiger partial charge is 0.0739 e. The second-order valence-electron chi connectivity index (χ2n) is 5.31. The van der Waals surface area contributed by atoms with Gasteiger partial charge in [0.15, 0.2) is 0 Å². The summed E-state index contributed by atoms with van der Waals surface area (Å²) in [5.74, 6) is 0.980. The molecule has 1 aliphatic heterocycles. The SMILES string of the molecule is Cc1ccc(CCB2CCC(C)C2)cc1. The number of rotatable bonds is 3. The molecular formula is C14H21B. The first kappa shape index (κ1) is 10.8. The summed E-state index contributed by atoms with van der Waals surface area (Å²) in [6.07, 6.45) is 7.06. The first-order valence-corrected chi connectivity index (χ1v) is 6.29. The third-order valence-electron chi connectivity index (χ3n) is 3.77. The van der Waals surface area contributed by atoms with Crippen LogP contribution >= 0.6 is 0 Å². The highest BCUT2D eigenvalue weighted by Crippen LogP contribution is 2.28. The van der Waals surface area contributed by atoms with E-state index in [1.807, 2.05) is 0 Å². The van der Waals surface area contributed by atoms with Gasteiger partial charge in [0.1, 0.15) is 6.71 Å². The molecule has 0 spiro atoms. The van der Waals surface area contributed by atoms with Crippen LogP contribution < -0.4 is 0 Å². The Kier molecular flexibility index (Phi) is 3.51. The monoisotopic (exact) mass is 200 g/mol. The summed E-state index contributed by atoms with van der Waals surface area (Å²) in [5, 5.41) is 0. The normalized spacial score (nSPS) is 20.9. The third-order valence-corrected chi connectivity index (χ3v) is 3.77. The molecule has 1 fully saturated rings. The molecule has 1 atom stereocenters. The number of hydrogen-bond donors (Lipinski definition) is 0. The molecule has 80 valence electrons. The van der Waals surface area contributed by atoms with Gasteiger partial charge in [0, 0.05) is 0 Å². The van der Waals surface area contributed by atoms with Crippen molar-refractivity contribution in [3.63, 3.8) is 0 Å². The lowest BCUT2D eigenvalue weighted by molar-refractivity contribution is 0.658. The maximum absolute atomic E-state index is 2.39. The predicted molar refractivity (Wildman–Crippen MR) is 68.8 cm³/mol. The van der Waals surface area contributed by atoms with Crippen LogP contribution in [-0.4, -0.2) is 6.71 Å². The van der Waals surface area contributed by atoms with Crippen LogP contribution in [0, 0.1) is 12.8 Å². The van der Waals surface area contributed by atoms with Gasteiger partial charge < -0.3 is 0 Å². The standard InChI is InChI=1S/C14H21B/c1-12-3-5-14(6-4-12)8-10-15-9-7-13(2)11-15/h3-6,13H,7-11H2,1-2H3. The molecule has 1 aromatic carbocycles. The lowest BCUT2D eigenvalue weighted by Gasteiger charge is -2.06. The Bertz CT molecular complexity index is 302. The molecule has 0 radical (unpaired) electrons. The minimum absolute atomic E-state index is 0.980. The van der Waals surface area contributed by atoms with Crippen molar-refractivity contribution in [2.45, 2.75) is 45.6 Å². The molecule has 0 aliphatic carbocycles. The molecule has 1 saturated heterocycles. The summed E-state index contributed by atoms with van der Waals surface area (Å²) >= 11 is 0. The lowest BCUT2D eigenvalue weighted by Crippen LogP contribution is -2.07. The first-order chi connectivity index (χ1) is 7.24. The molecule has 1 heteroatoms. The number of aryl methyl sites for hydroxylation is 2. The highest BCUT2D eigenvalue weighted by molar-refractivity contribution is 6.59. The van der Waals surface area contributed by atoms with Crippen molar-refractivity contribution >= 4 is 6.71 Å². The topological polar surface area (TPSA) is 0 Å². The van der Waals surface area contributed by atoms with Crippen LogP contribution in [0.4, 0.5) is 0 Å². The highest BCUT2D eigenvalue weighted by atomic mass is 14.1. The maximum atomic E-state index is 2.39. The predicted octanol–water partition coefficient (Wildman–Crippen LogP) is 4.07. The molecule has 0 N–H and O–H groups in total. The molecule has 1 aromatic rings. The van der Waals surface area contributed by atoms with Crippen molar-refractivity contribution in [2.24, 2.45) is 5.92 Å². The second-order valence-corrected chi connectivity index (χ2v) is 5.31. The molecule has 1 heterocycles. The Balaban J connectivity index is 1.80. The largest absolute Gasteiger partial charge is 0.140 e. The van der Waals surface area contributed by atoms with Crippen molar-refractivity contribution in [3.05, 3.63) is 35.4 Å². The number of hydrogen-bond acceptors (Lipinski definition) is 0. The summed E-state index contributed by atoms with van der Waals surface area (Å²) in [4.78, 5) is 0. The Morgan fingerprint density at radius 1 is 1.27 bits per heavy atom. The lowest BCUT2D eigenvalue weighted by atomic mass is 9.45. The van der Waals surface area contributed by atoms with Crippen molar-refractivity contribution in [1.29, 1.82) is 0 Å². The van der Waals surface area contributed by atoms with E-state index in [2.05, 4.69) is 38.1 Å². The van der Waals surface area contributed by atoms with Crippen molar-refractivity contribution in [1.82, 2.24) is 0 Å². The van der Waals surface area contributed by atoms with E-state index in [1.165, 1.54) is 42.9 Å². The first-order valence-electron chi connectivity index (χ1n) is 6.29. The molecule has 0 aromatic heterocycles. The van der Waals surface area contributed by atoms with E-state index in [0.717, 1.165) is 12.6 Å². The van der Waals surface area contributed by atoms with E-state index in [-0.39, 0.29) is 0 Å². The van der Waals surface area contributed by atoms with Gasteiger partial charge in [0.05, 0.1) is 0 Å². The molecule has 0 bridgehead atoms. The quantitative estimate of drug-likeness (QED) is 0.645. The van der Waals surface area contributed by atoms with E-state index in [4.69, 9.17) is 0 Å². The van der Waals surface area contributed by atoms with Crippen LogP contribution in [0.3, 0.4) is 0 Å². The van der Waals surface area contributed by atoms with Crippen LogP contribution in [0.2, 0.25) is 19.0 Å². The molecule has 15 heavy (non-hydrogen) atoms. The van der Waals surface area contributed by atoms with Crippen LogP contribution in [0.5, 0.6) is 0 Å². The van der Waals surface area contributed by atoms with Crippen molar-refractivity contribution in [3.8, 4) is 0 Å². The van der Waals surface area contributed by atoms with Gasteiger partial charge in [-0.2, -0.15) is 0 Å². The second kappa shape index (κ2) is 4.87. The zero-order chi connectivity index (χ0) is 10.7. The van der Waals surface area contributed by atoms with E-state index >= 15 is 0 Å². The van der Waals surface area contributed by atoms with E-state index in [0.29, 0.717) is 0 Å². The van der Waals surface area contributed by atoms with Crippen LogP contribution in [0.15, 0.2) is 24.3 Å². The fraction of sp³-hybridized carbons (Fsp3) is 0.571. The molecule has 2 rings (SSSR count). The van der Waals surface area contributed by atoms with Crippen molar-refractivity contribution in [2.75, 3.05) is 0 Å². The fourth-order valence-corrected chi connectivity index (χ4v) is 2.71. The zero-order valence-electron chi connectivity index (χ0n) is 10.00. The van der Waals surface area contributed by atoms with Crippen molar-refractivity contribution < 1.29 is 0 Å². The van der Waals surface area contributed by atoms with Gasteiger partial charge in [-0.3, -0.25) is 0 Å². The molecule has 1 aliphatic rings. The van der Waals surface area contributed by atoms with E-state index in [9.17, 15) is 0 Å². The Hall–Kier alpha value is -0.715. The van der Waals surface area contributed by atoms with Gasteiger partial charge in [-0.1, -0.05) is 68.1 Å². The zero-order valence-corrected chi connectivity index (χ0v) is 10.00. The fourth-order valence-electron chi connectivity index (χ4n) is 2.71. The summed E-state index contributed by atoms with van der Waals surface area (Å²) < 4.78 is 0. The van der Waals surface area contributed by atoms with Gasteiger partial charge in [0.2, 0.25) is 0 Å². The minimum atomic E-state index is 0.980. The van der Waals surface area contributed by atoms with E-state index < -0.39 is 0 Å². The summed E-state index contributed by atoms with van der Waals surface area (Å²) in [5.41, 5.74) is 2.88. The Morgan fingerprint density at radius 3 is 2.60 bits per heavy atom. The molecule has 1 unspecified atom stereocenters. The Labute approximate surface area is 94.2 Å². The van der Waals surface area contributed by atoms with Gasteiger partial charge >= 0.3 is 0 Å². The van der Waals surface area contributed by atoms with Crippen LogP contribution in [0.25, 0.3) is 0 Å². The molecular weight excluding hydrogens is 179 g/mol. The van der Waals surface area contributed by atoms with Crippen LogP contribution in [-0.2, 0) is 6.42 Å². The summed E-state index contributed by atoms with van der Waals surface area (Å²) in [7, 11) is 0. The maximum Gasteiger partial charge on any atom is 0.140 e. The third kappa shape index (κ3) is 3.12. The molecule has 0 nitrogen and oxygen atoms in total. The summed E-state index contributed by atoms with van der Waals surface area (Å²) in [6.45, 7) is 5.55.